The highest BCUT2D eigenvalue weighted by atomic mass is 35.5. The van der Waals surface area contributed by atoms with Gasteiger partial charge in [0, 0.05) is 35.9 Å². The second-order valence-electron chi connectivity index (χ2n) is 5.40. The number of halogens is 1. The van der Waals surface area contributed by atoms with E-state index in [9.17, 15) is 0 Å². The molecule has 1 aromatic carbocycles. The number of piperidine rings is 1. The summed E-state index contributed by atoms with van der Waals surface area (Å²) in [7, 11) is 0. The molecule has 1 aliphatic rings. The number of H-pyrrole nitrogens is 1. The highest BCUT2D eigenvalue weighted by Crippen LogP contribution is 2.25. The topological polar surface area (TPSA) is 44.3 Å². The number of likely N-dealkylation sites (tertiary alicyclic amines) is 1. The lowest BCUT2D eigenvalue weighted by Gasteiger charge is -2.29. The summed E-state index contributed by atoms with van der Waals surface area (Å²) in [6.45, 7) is 2.80. The number of benzene rings is 1. The summed E-state index contributed by atoms with van der Waals surface area (Å²) in [6.07, 6.45) is 7.98. The van der Waals surface area contributed by atoms with E-state index in [-0.39, 0.29) is 0 Å². The van der Waals surface area contributed by atoms with E-state index in [1.165, 1.54) is 11.3 Å². The van der Waals surface area contributed by atoms with Crippen LogP contribution in [-0.2, 0) is 6.54 Å². The molecule has 1 aliphatic heterocycles. The van der Waals surface area contributed by atoms with Crippen molar-refractivity contribution in [3.63, 3.8) is 0 Å². The molecule has 4 nitrogen and oxygen atoms in total. The second-order valence-corrected chi connectivity index (χ2v) is 5.84. The number of rotatable bonds is 4. The Kier molecular flexibility index (Phi) is 4.55. The van der Waals surface area contributed by atoms with Gasteiger partial charge in [-0.15, -0.1) is 0 Å². The first-order valence-electron chi connectivity index (χ1n) is 7.28. The van der Waals surface area contributed by atoms with Crippen molar-refractivity contribution in [2.24, 2.45) is 4.99 Å². The van der Waals surface area contributed by atoms with Crippen molar-refractivity contribution in [1.29, 1.82) is 0 Å². The van der Waals surface area contributed by atoms with E-state index in [2.05, 4.69) is 19.9 Å². The first-order chi connectivity index (χ1) is 10.3. The zero-order valence-corrected chi connectivity index (χ0v) is 12.6. The van der Waals surface area contributed by atoms with E-state index in [1.54, 1.807) is 6.33 Å². The van der Waals surface area contributed by atoms with Crippen LogP contribution in [0.25, 0.3) is 0 Å². The summed E-state index contributed by atoms with van der Waals surface area (Å²) in [6, 6.07) is 7.85. The van der Waals surface area contributed by atoms with Crippen molar-refractivity contribution in [2.75, 3.05) is 13.1 Å². The second kappa shape index (κ2) is 6.76. The molecule has 1 N–H and O–H groups in total. The van der Waals surface area contributed by atoms with Gasteiger partial charge in [-0.2, -0.15) is 0 Å². The van der Waals surface area contributed by atoms with Gasteiger partial charge in [0.15, 0.2) is 0 Å². The van der Waals surface area contributed by atoms with E-state index >= 15 is 0 Å². The summed E-state index contributed by atoms with van der Waals surface area (Å²) in [5.74, 6) is 0.605. The molecule has 110 valence electrons. The van der Waals surface area contributed by atoms with Gasteiger partial charge in [-0.1, -0.05) is 23.7 Å². The molecule has 2 aromatic rings. The third kappa shape index (κ3) is 3.85. The van der Waals surface area contributed by atoms with Gasteiger partial charge in [-0.25, -0.2) is 4.98 Å². The fourth-order valence-corrected chi connectivity index (χ4v) is 2.79. The highest BCUT2D eigenvalue weighted by molar-refractivity contribution is 6.30. The van der Waals surface area contributed by atoms with Crippen LogP contribution < -0.4 is 0 Å². The number of aromatic amines is 1. The molecule has 0 unspecified atom stereocenters. The predicted octanol–water partition coefficient (Wildman–Crippen LogP) is 3.47. The van der Waals surface area contributed by atoms with E-state index in [0.29, 0.717) is 12.5 Å². The molecule has 1 fully saturated rings. The maximum atomic E-state index is 5.87. The van der Waals surface area contributed by atoms with Gasteiger partial charge >= 0.3 is 0 Å². The minimum Gasteiger partial charge on any atom is -0.363 e. The minimum atomic E-state index is 0.605. The average molecular weight is 303 g/mol. The summed E-state index contributed by atoms with van der Waals surface area (Å²) in [4.78, 5) is 14.1. The Balaban J connectivity index is 1.46. The molecule has 1 saturated heterocycles. The van der Waals surface area contributed by atoms with Gasteiger partial charge in [-0.05, 0) is 30.5 Å². The molecular formula is C16H19ClN4. The fourth-order valence-electron chi connectivity index (χ4n) is 2.67. The normalized spacial score (nSPS) is 16.7. The van der Waals surface area contributed by atoms with Crippen molar-refractivity contribution in [1.82, 2.24) is 14.9 Å². The summed E-state index contributed by atoms with van der Waals surface area (Å²) in [5.41, 5.74) is 2.44. The molecule has 21 heavy (non-hydrogen) atoms. The van der Waals surface area contributed by atoms with Crippen LogP contribution in [0, 0.1) is 0 Å². The van der Waals surface area contributed by atoms with Crippen molar-refractivity contribution >= 4 is 17.9 Å². The van der Waals surface area contributed by atoms with Crippen LogP contribution in [0.15, 0.2) is 41.8 Å². The average Bonchev–Trinajstić information content (AvgIpc) is 3.04. The largest absolute Gasteiger partial charge is 0.363 e. The quantitative estimate of drug-likeness (QED) is 0.694. The van der Waals surface area contributed by atoms with Crippen molar-refractivity contribution < 1.29 is 0 Å². The van der Waals surface area contributed by atoms with Crippen molar-refractivity contribution in [2.45, 2.75) is 25.3 Å². The maximum Gasteiger partial charge on any atom is 0.0921 e. The van der Waals surface area contributed by atoms with Gasteiger partial charge < -0.3 is 9.88 Å². The molecule has 5 heteroatoms. The van der Waals surface area contributed by atoms with Gasteiger partial charge in [0.05, 0.1) is 19.2 Å². The first kappa shape index (κ1) is 14.1. The molecule has 2 heterocycles. The molecule has 0 bridgehead atoms. The van der Waals surface area contributed by atoms with Crippen LogP contribution in [-0.4, -0.2) is 34.3 Å². The van der Waals surface area contributed by atoms with Gasteiger partial charge in [0.1, 0.15) is 0 Å². The molecule has 0 atom stereocenters. The molecule has 3 rings (SSSR count). The van der Waals surface area contributed by atoms with E-state index in [0.717, 1.165) is 31.0 Å². The Hall–Kier alpha value is -1.81. The van der Waals surface area contributed by atoms with Gasteiger partial charge in [-0.3, -0.25) is 4.99 Å². The molecular weight excluding hydrogens is 284 g/mol. The van der Waals surface area contributed by atoms with E-state index in [4.69, 9.17) is 11.6 Å². The Morgan fingerprint density at radius 2 is 2.05 bits per heavy atom. The molecule has 0 spiro atoms. The van der Waals surface area contributed by atoms with E-state index < -0.39 is 0 Å². The lowest BCUT2D eigenvalue weighted by molar-refractivity contribution is 0.317. The third-order valence-electron chi connectivity index (χ3n) is 3.92. The number of nitrogens with zero attached hydrogens (tertiary/aromatic N) is 3. The van der Waals surface area contributed by atoms with Gasteiger partial charge in [0.2, 0.25) is 0 Å². The number of aliphatic imine (C=N–C) groups is 1. The lowest BCUT2D eigenvalue weighted by atomic mass is 9.94. The number of hydrogen-bond acceptors (Lipinski definition) is 2. The Morgan fingerprint density at radius 3 is 2.71 bits per heavy atom. The monoisotopic (exact) mass is 302 g/mol. The van der Waals surface area contributed by atoms with Crippen LogP contribution in [0.1, 0.15) is 30.0 Å². The Bertz CT molecular complexity index is 569. The third-order valence-corrected chi connectivity index (χ3v) is 4.17. The molecule has 0 aliphatic carbocycles. The van der Waals surface area contributed by atoms with Crippen LogP contribution >= 0.6 is 11.6 Å². The summed E-state index contributed by atoms with van der Waals surface area (Å²) >= 11 is 5.87. The standard InChI is InChI=1S/C16H19ClN4/c17-15-3-1-13(2-4-15)9-19-12-21-7-5-14(6-8-21)16-10-18-11-20-16/h1-4,10-12,14H,5-9H2,(H,18,20). The molecule has 0 radical (unpaired) electrons. The maximum absolute atomic E-state index is 5.87. The summed E-state index contributed by atoms with van der Waals surface area (Å²) < 4.78 is 0. The van der Waals surface area contributed by atoms with Crippen molar-refractivity contribution in [3.8, 4) is 0 Å². The minimum absolute atomic E-state index is 0.605. The predicted molar refractivity (Wildman–Crippen MR) is 85.8 cm³/mol. The highest BCUT2D eigenvalue weighted by Gasteiger charge is 2.19. The number of imidazole rings is 1. The van der Waals surface area contributed by atoms with Crippen LogP contribution in [0.4, 0.5) is 0 Å². The lowest BCUT2D eigenvalue weighted by Crippen LogP contribution is -2.31. The first-order valence-corrected chi connectivity index (χ1v) is 7.66. The van der Waals surface area contributed by atoms with Gasteiger partial charge in [0.25, 0.3) is 0 Å². The Morgan fingerprint density at radius 1 is 1.29 bits per heavy atom. The summed E-state index contributed by atoms with van der Waals surface area (Å²) in [5, 5.41) is 0.767. The zero-order chi connectivity index (χ0) is 14.5. The number of aromatic nitrogens is 2. The molecule has 1 aromatic heterocycles. The SMILES string of the molecule is Clc1ccc(CN=CN2CCC(c3cnc[nH]3)CC2)cc1. The van der Waals surface area contributed by atoms with Crippen LogP contribution in [0.2, 0.25) is 5.02 Å². The zero-order valence-electron chi connectivity index (χ0n) is 11.9. The van der Waals surface area contributed by atoms with Crippen LogP contribution in [0.5, 0.6) is 0 Å². The van der Waals surface area contributed by atoms with Crippen molar-refractivity contribution in [3.05, 3.63) is 53.1 Å². The molecule has 0 amide bonds. The van der Waals surface area contributed by atoms with Crippen LogP contribution in [0.3, 0.4) is 0 Å². The number of nitrogens with one attached hydrogen (secondary N) is 1. The Labute approximate surface area is 129 Å². The smallest absolute Gasteiger partial charge is 0.0921 e. The number of hydrogen-bond donors (Lipinski definition) is 1. The van der Waals surface area contributed by atoms with E-state index in [1.807, 2.05) is 36.8 Å². The fraction of sp³-hybridized carbons (Fsp3) is 0.375. The molecule has 0 saturated carbocycles.